The number of rotatable bonds is 2. The van der Waals surface area contributed by atoms with Crippen LogP contribution >= 0.6 is 12.6 Å². The number of phenolic OH excluding ortho intramolecular Hbond substituents is 1. The van der Waals surface area contributed by atoms with Crippen LogP contribution in [0.2, 0.25) is 0 Å². The van der Waals surface area contributed by atoms with E-state index in [1.165, 1.54) is 0 Å². The lowest BCUT2D eigenvalue weighted by atomic mass is 10.2. The van der Waals surface area contributed by atoms with Gasteiger partial charge < -0.3 is 5.11 Å². The summed E-state index contributed by atoms with van der Waals surface area (Å²) in [6, 6.07) is 14.4. The van der Waals surface area contributed by atoms with E-state index in [4.69, 9.17) is 0 Å². The minimum atomic E-state index is 0.149. The standard InChI is InChI=1S/C13H10N4OS/c18-10-6-7-12(19)11(8-10)13-14-15-16-17(13)9-4-2-1-3-5-9/h1-8,18-19H. The molecule has 1 aromatic heterocycles. The summed E-state index contributed by atoms with van der Waals surface area (Å²) in [6.45, 7) is 0. The van der Waals surface area contributed by atoms with Crippen LogP contribution in [0.1, 0.15) is 0 Å². The van der Waals surface area contributed by atoms with E-state index in [1.54, 1.807) is 22.9 Å². The fourth-order valence-electron chi connectivity index (χ4n) is 1.80. The fourth-order valence-corrected chi connectivity index (χ4v) is 2.04. The third-order valence-electron chi connectivity index (χ3n) is 2.69. The van der Waals surface area contributed by atoms with Crippen molar-refractivity contribution < 1.29 is 5.11 Å². The third kappa shape index (κ3) is 2.17. The van der Waals surface area contributed by atoms with E-state index in [2.05, 4.69) is 28.2 Å². The van der Waals surface area contributed by atoms with Gasteiger partial charge in [-0.1, -0.05) is 18.2 Å². The van der Waals surface area contributed by atoms with Crippen LogP contribution in [-0.2, 0) is 0 Å². The zero-order valence-electron chi connectivity index (χ0n) is 9.80. The second kappa shape index (κ2) is 4.74. The van der Waals surface area contributed by atoms with Gasteiger partial charge in [0.05, 0.1) is 5.69 Å². The van der Waals surface area contributed by atoms with Crippen LogP contribution in [0.5, 0.6) is 5.75 Å². The van der Waals surface area contributed by atoms with Gasteiger partial charge in [0.15, 0.2) is 5.82 Å². The van der Waals surface area contributed by atoms with Gasteiger partial charge in [-0.15, -0.1) is 17.7 Å². The molecule has 0 amide bonds. The zero-order valence-corrected chi connectivity index (χ0v) is 10.7. The summed E-state index contributed by atoms with van der Waals surface area (Å²) >= 11 is 4.37. The highest BCUT2D eigenvalue weighted by Gasteiger charge is 2.13. The number of nitrogens with zero attached hydrogens (tertiary/aromatic N) is 4. The molecule has 0 aliphatic heterocycles. The number of hydrogen-bond acceptors (Lipinski definition) is 5. The number of tetrazole rings is 1. The lowest BCUT2D eigenvalue weighted by Gasteiger charge is -2.06. The zero-order chi connectivity index (χ0) is 13.2. The smallest absolute Gasteiger partial charge is 0.188 e. The molecular weight excluding hydrogens is 260 g/mol. The molecule has 0 saturated carbocycles. The van der Waals surface area contributed by atoms with Crippen LogP contribution in [0.25, 0.3) is 17.1 Å². The molecule has 0 atom stereocenters. The summed E-state index contributed by atoms with van der Waals surface area (Å²) in [4.78, 5) is 0.699. The molecule has 0 radical (unpaired) electrons. The quantitative estimate of drug-likeness (QED) is 0.701. The lowest BCUT2D eigenvalue weighted by Crippen LogP contribution is -1.99. The Morgan fingerprint density at radius 1 is 1.05 bits per heavy atom. The Morgan fingerprint density at radius 2 is 1.84 bits per heavy atom. The first-order valence-corrected chi connectivity index (χ1v) is 6.06. The molecular formula is C13H10N4OS. The number of aromatic nitrogens is 4. The number of para-hydroxylation sites is 1. The Hall–Kier alpha value is -2.34. The van der Waals surface area contributed by atoms with Crippen molar-refractivity contribution in [2.45, 2.75) is 4.90 Å². The van der Waals surface area contributed by atoms with Crippen molar-refractivity contribution in [1.82, 2.24) is 20.2 Å². The number of aromatic hydroxyl groups is 1. The Labute approximate surface area is 114 Å². The van der Waals surface area contributed by atoms with Crippen LogP contribution in [0.3, 0.4) is 0 Å². The molecule has 0 fully saturated rings. The topological polar surface area (TPSA) is 63.8 Å². The monoisotopic (exact) mass is 270 g/mol. The van der Waals surface area contributed by atoms with E-state index in [1.807, 2.05) is 30.3 Å². The lowest BCUT2D eigenvalue weighted by molar-refractivity contribution is 0.475. The van der Waals surface area contributed by atoms with Gasteiger partial charge in [-0.2, -0.15) is 4.68 Å². The van der Waals surface area contributed by atoms with Crippen LogP contribution in [0.4, 0.5) is 0 Å². The van der Waals surface area contributed by atoms with Gasteiger partial charge in [-0.3, -0.25) is 0 Å². The normalized spacial score (nSPS) is 10.6. The Morgan fingerprint density at radius 3 is 2.63 bits per heavy atom. The summed E-state index contributed by atoms with van der Waals surface area (Å²) < 4.78 is 1.61. The highest BCUT2D eigenvalue weighted by atomic mass is 32.1. The van der Waals surface area contributed by atoms with Crippen LogP contribution < -0.4 is 0 Å². The van der Waals surface area contributed by atoms with E-state index < -0.39 is 0 Å². The van der Waals surface area contributed by atoms with Crippen molar-refractivity contribution in [3.8, 4) is 22.8 Å². The fraction of sp³-hybridized carbons (Fsp3) is 0. The largest absolute Gasteiger partial charge is 0.508 e. The number of thiol groups is 1. The van der Waals surface area contributed by atoms with Gasteiger partial charge >= 0.3 is 0 Å². The molecule has 6 heteroatoms. The second-order valence-electron chi connectivity index (χ2n) is 3.95. The SMILES string of the molecule is Oc1ccc(S)c(-c2nnnn2-c2ccccc2)c1. The van der Waals surface area contributed by atoms with Crippen molar-refractivity contribution >= 4 is 12.6 Å². The first-order chi connectivity index (χ1) is 9.25. The second-order valence-corrected chi connectivity index (χ2v) is 4.43. The Balaban J connectivity index is 2.18. The van der Waals surface area contributed by atoms with Gasteiger partial charge in [-0.25, -0.2) is 0 Å². The van der Waals surface area contributed by atoms with Crippen molar-refractivity contribution in [3.05, 3.63) is 48.5 Å². The summed E-state index contributed by atoms with van der Waals surface area (Å²) in [5.74, 6) is 0.683. The summed E-state index contributed by atoms with van der Waals surface area (Å²) in [6.07, 6.45) is 0. The highest BCUT2D eigenvalue weighted by molar-refractivity contribution is 7.80. The first-order valence-electron chi connectivity index (χ1n) is 5.62. The van der Waals surface area contributed by atoms with E-state index >= 15 is 0 Å². The Kier molecular flexibility index (Phi) is 2.92. The highest BCUT2D eigenvalue weighted by Crippen LogP contribution is 2.29. The first kappa shape index (κ1) is 11.7. The van der Waals surface area contributed by atoms with Gasteiger partial charge in [-0.05, 0) is 40.8 Å². The van der Waals surface area contributed by atoms with E-state index in [0.29, 0.717) is 16.3 Å². The molecule has 0 bridgehead atoms. The minimum absolute atomic E-state index is 0.149. The number of hydrogen-bond donors (Lipinski definition) is 2. The van der Waals surface area contributed by atoms with E-state index in [-0.39, 0.29) is 5.75 Å². The molecule has 3 rings (SSSR count). The van der Waals surface area contributed by atoms with E-state index in [0.717, 1.165) is 5.69 Å². The molecule has 0 spiro atoms. The maximum absolute atomic E-state index is 9.59. The van der Waals surface area contributed by atoms with Crippen LogP contribution in [0, 0.1) is 0 Å². The minimum Gasteiger partial charge on any atom is -0.508 e. The summed E-state index contributed by atoms with van der Waals surface area (Å²) in [7, 11) is 0. The van der Waals surface area contributed by atoms with Gasteiger partial charge in [0.1, 0.15) is 5.75 Å². The summed E-state index contributed by atoms with van der Waals surface area (Å²) in [5, 5.41) is 21.3. The summed E-state index contributed by atoms with van der Waals surface area (Å²) in [5.41, 5.74) is 1.52. The number of benzene rings is 2. The van der Waals surface area contributed by atoms with Crippen molar-refractivity contribution in [1.29, 1.82) is 0 Å². The van der Waals surface area contributed by atoms with Crippen LogP contribution in [0.15, 0.2) is 53.4 Å². The number of phenols is 1. The average molecular weight is 270 g/mol. The molecule has 2 aromatic carbocycles. The molecule has 3 aromatic rings. The van der Waals surface area contributed by atoms with E-state index in [9.17, 15) is 5.11 Å². The average Bonchev–Trinajstić information content (AvgIpc) is 2.91. The maximum atomic E-state index is 9.59. The molecule has 94 valence electrons. The van der Waals surface area contributed by atoms with Gasteiger partial charge in [0.25, 0.3) is 0 Å². The molecule has 0 unspecified atom stereocenters. The molecule has 1 heterocycles. The predicted octanol–water partition coefficient (Wildman–Crippen LogP) is 2.32. The van der Waals surface area contributed by atoms with Crippen molar-refractivity contribution in [3.63, 3.8) is 0 Å². The molecule has 0 aliphatic rings. The maximum Gasteiger partial charge on any atom is 0.188 e. The molecule has 0 saturated heterocycles. The van der Waals surface area contributed by atoms with Gasteiger partial charge in [0, 0.05) is 10.5 Å². The Bertz CT molecular complexity index is 712. The predicted molar refractivity (Wildman–Crippen MR) is 73.5 cm³/mol. The molecule has 0 aliphatic carbocycles. The molecule has 19 heavy (non-hydrogen) atoms. The van der Waals surface area contributed by atoms with Gasteiger partial charge in [0.2, 0.25) is 0 Å². The molecule has 1 N–H and O–H groups in total. The van der Waals surface area contributed by atoms with Crippen molar-refractivity contribution in [2.24, 2.45) is 0 Å². The van der Waals surface area contributed by atoms with Crippen molar-refractivity contribution in [2.75, 3.05) is 0 Å². The molecule has 5 nitrogen and oxygen atoms in total. The third-order valence-corrected chi connectivity index (χ3v) is 3.08. The van der Waals surface area contributed by atoms with Crippen LogP contribution in [-0.4, -0.2) is 25.3 Å².